The largest absolute Gasteiger partial charge is 0.302 e. The topological polar surface area (TPSA) is 42.0 Å². The molecule has 0 aromatic carbocycles. The first kappa shape index (κ1) is 15.0. The van der Waals surface area contributed by atoms with Gasteiger partial charge in [0.25, 0.3) is 0 Å². The van der Waals surface area contributed by atoms with Crippen molar-refractivity contribution in [3.8, 4) is 0 Å². The maximum absolute atomic E-state index is 12.1. The summed E-state index contributed by atoms with van der Waals surface area (Å²) >= 11 is 1.48. The quantitative estimate of drug-likeness (QED) is 0.863. The molecule has 3 nitrogen and oxygen atoms in total. The minimum absolute atomic E-state index is 0.118. The number of nitrogens with zero attached hydrogens (tertiary/aromatic N) is 1. The van der Waals surface area contributed by atoms with Gasteiger partial charge >= 0.3 is 0 Å². The average molecular weight is 306 g/mol. The maximum atomic E-state index is 12.1. The summed E-state index contributed by atoms with van der Waals surface area (Å²) in [6, 6.07) is 0. The second-order valence-corrected chi connectivity index (χ2v) is 8.74. The molecule has 2 aliphatic rings. The van der Waals surface area contributed by atoms with Gasteiger partial charge in [0.2, 0.25) is 5.91 Å². The number of anilines is 1. The molecule has 2 aliphatic carbocycles. The van der Waals surface area contributed by atoms with Gasteiger partial charge in [-0.3, -0.25) is 4.79 Å². The number of aromatic nitrogens is 1. The SMILES string of the molecule is CC12CCCC(C1)CC(C)(CCC(=O)Nc1nccs1)C2. The van der Waals surface area contributed by atoms with E-state index in [9.17, 15) is 4.79 Å². The van der Waals surface area contributed by atoms with Crippen molar-refractivity contribution in [3.05, 3.63) is 11.6 Å². The minimum atomic E-state index is 0.118. The Kier molecular flexibility index (Phi) is 4.08. The number of amides is 1. The fourth-order valence-electron chi connectivity index (χ4n) is 4.93. The Bertz CT molecular complexity index is 501. The van der Waals surface area contributed by atoms with Crippen LogP contribution in [-0.2, 0) is 4.79 Å². The van der Waals surface area contributed by atoms with Crippen LogP contribution in [-0.4, -0.2) is 10.9 Å². The summed E-state index contributed by atoms with van der Waals surface area (Å²) in [7, 11) is 0. The zero-order chi connectivity index (χ0) is 14.9. The fourth-order valence-corrected chi connectivity index (χ4v) is 5.47. The van der Waals surface area contributed by atoms with E-state index in [1.165, 1.54) is 49.9 Å². The van der Waals surface area contributed by atoms with Gasteiger partial charge in [-0.25, -0.2) is 4.98 Å². The van der Waals surface area contributed by atoms with Gasteiger partial charge in [0.15, 0.2) is 5.13 Å². The first-order valence-corrected chi connectivity index (χ1v) is 9.04. The molecule has 0 spiro atoms. The van der Waals surface area contributed by atoms with Crippen molar-refractivity contribution in [2.45, 2.75) is 65.2 Å². The molecular formula is C17H26N2OS. The van der Waals surface area contributed by atoms with E-state index in [4.69, 9.17) is 0 Å². The Hall–Kier alpha value is -0.900. The van der Waals surface area contributed by atoms with Crippen molar-refractivity contribution < 1.29 is 4.79 Å². The lowest BCUT2D eigenvalue weighted by atomic mass is 9.54. The van der Waals surface area contributed by atoms with Crippen LogP contribution in [0.5, 0.6) is 0 Å². The lowest BCUT2D eigenvalue weighted by Gasteiger charge is -2.51. The highest BCUT2D eigenvalue weighted by Crippen LogP contribution is 2.56. The third kappa shape index (κ3) is 3.65. The van der Waals surface area contributed by atoms with Crippen molar-refractivity contribution in [1.29, 1.82) is 0 Å². The molecule has 1 amide bonds. The summed E-state index contributed by atoms with van der Waals surface area (Å²) in [4.78, 5) is 16.2. The number of thiazole rings is 1. The molecule has 1 aromatic heterocycles. The standard InChI is InChI=1S/C17H26N2OS/c1-16-6-3-4-13(10-16)11-17(2,12-16)7-5-14(20)19-15-18-8-9-21-15/h8-9,13H,3-7,10-12H2,1-2H3,(H,18,19,20). The van der Waals surface area contributed by atoms with Gasteiger partial charge in [-0.15, -0.1) is 11.3 Å². The number of hydrogen-bond donors (Lipinski definition) is 1. The monoisotopic (exact) mass is 306 g/mol. The van der Waals surface area contributed by atoms with E-state index >= 15 is 0 Å². The highest BCUT2D eigenvalue weighted by Gasteiger charge is 2.45. The van der Waals surface area contributed by atoms with E-state index in [-0.39, 0.29) is 5.91 Å². The second-order valence-electron chi connectivity index (χ2n) is 7.85. The number of nitrogens with one attached hydrogen (secondary N) is 1. The zero-order valence-electron chi connectivity index (χ0n) is 13.2. The number of carbonyl (C=O) groups excluding carboxylic acids is 1. The van der Waals surface area contributed by atoms with Crippen molar-refractivity contribution in [1.82, 2.24) is 4.98 Å². The zero-order valence-corrected chi connectivity index (χ0v) is 14.0. The van der Waals surface area contributed by atoms with E-state index in [1.54, 1.807) is 6.20 Å². The van der Waals surface area contributed by atoms with Crippen molar-refractivity contribution >= 4 is 22.4 Å². The van der Waals surface area contributed by atoms with E-state index < -0.39 is 0 Å². The Morgan fingerprint density at radius 3 is 3.05 bits per heavy atom. The molecule has 0 saturated heterocycles. The van der Waals surface area contributed by atoms with E-state index in [0.717, 1.165) is 17.5 Å². The van der Waals surface area contributed by atoms with E-state index in [1.807, 2.05) is 5.38 Å². The van der Waals surface area contributed by atoms with Gasteiger partial charge in [0.1, 0.15) is 0 Å². The van der Waals surface area contributed by atoms with Gasteiger partial charge in [-0.2, -0.15) is 0 Å². The summed E-state index contributed by atoms with van der Waals surface area (Å²) < 4.78 is 0. The molecule has 1 aromatic rings. The predicted octanol–water partition coefficient (Wildman–Crippen LogP) is 4.86. The molecular weight excluding hydrogens is 280 g/mol. The third-order valence-corrected chi connectivity index (χ3v) is 6.13. The lowest BCUT2D eigenvalue weighted by Crippen LogP contribution is -2.40. The molecule has 3 rings (SSSR count). The number of hydrogen-bond acceptors (Lipinski definition) is 3. The van der Waals surface area contributed by atoms with Crippen LogP contribution >= 0.6 is 11.3 Å². The molecule has 3 atom stereocenters. The smallest absolute Gasteiger partial charge is 0.226 e. The summed E-state index contributed by atoms with van der Waals surface area (Å²) in [6.45, 7) is 4.87. The molecule has 0 aliphatic heterocycles. The molecule has 4 heteroatoms. The molecule has 2 fully saturated rings. The maximum Gasteiger partial charge on any atom is 0.226 e. The minimum Gasteiger partial charge on any atom is -0.302 e. The summed E-state index contributed by atoms with van der Waals surface area (Å²) in [5, 5.41) is 5.52. The van der Waals surface area contributed by atoms with Crippen LogP contribution in [0.15, 0.2) is 11.6 Å². The molecule has 116 valence electrons. The Morgan fingerprint density at radius 1 is 1.48 bits per heavy atom. The van der Waals surface area contributed by atoms with Gasteiger partial charge in [-0.05, 0) is 48.9 Å². The summed E-state index contributed by atoms with van der Waals surface area (Å²) in [6.07, 6.45) is 11.6. The van der Waals surface area contributed by atoms with Crippen LogP contribution in [0, 0.1) is 16.7 Å². The number of fused-ring (bicyclic) bond motifs is 2. The molecule has 1 N–H and O–H groups in total. The summed E-state index contributed by atoms with van der Waals surface area (Å²) in [5.41, 5.74) is 0.875. The number of carbonyl (C=O) groups is 1. The van der Waals surface area contributed by atoms with E-state index in [0.29, 0.717) is 17.3 Å². The molecule has 21 heavy (non-hydrogen) atoms. The van der Waals surface area contributed by atoms with E-state index in [2.05, 4.69) is 24.1 Å². The Labute approximate surface area is 131 Å². The van der Waals surface area contributed by atoms with Crippen LogP contribution in [0.4, 0.5) is 5.13 Å². The van der Waals surface area contributed by atoms with Gasteiger partial charge < -0.3 is 5.32 Å². The Balaban J connectivity index is 1.55. The van der Waals surface area contributed by atoms with Crippen LogP contribution in [0.1, 0.15) is 65.2 Å². The van der Waals surface area contributed by atoms with Crippen LogP contribution in [0.2, 0.25) is 0 Å². The molecule has 3 unspecified atom stereocenters. The second kappa shape index (κ2) is 5.71. The van der Waals surface area contributed by atoms with Gasteiger partial charge in [-0.1, -0.05) is 26.7 Å². The molecule has 2 saturated carbocycles. The normalized spacial score (nSPS) is 35.4. The van der Waals surface area contributed by atoms with Crippen molar-refractivity contribution in [2.24, 2.45) is 16.7 Å². The molecule has 1 heterocycles. The molecule has 2 bridgehead atoms. The van der Waals surface area contributed by atoms with Crippen LogP contribution in [0.25, 0.3) is 0 Å². The van der Waals surface area contributed by atoms with Gasteiger partial charge in [0, 0.05) is 18.0 Å². The number of rotatable bonds is 4. The third-order valence-electron chi connectivity index (χ3n) is 5.44. The van der Waals surface area contributed by atoms with Crippen LogP contribution < -0.4 is 5.32 Å². The fraction of sp³-hybridized carbons (Fsp3) is 0.765. The average Bonchev–Trinajstić information content (AvgIpc) is 2.87. The predicted molar refractivity (Wildman–Crippen MR) is 87.4 cm³/mol. The van der Waals surface area contributed by atoms with Crippen LogP contribution in [0.3, 0.4) is 0 Å². The molecule has 0 radical (unpaired) electrons. The van der Waals surface area contributed by atoms with Crippen molar-refractivity contribution in [3.63, 3.8) is 0 Å². The first-order chi connectivity index (χ1) is 9.96. The Morgan fingerprint density at radius 2 is 2.33 bits per heavy atom. The summed E-state index contributed by atoms with van der Waals surface area (Å²) in [5.74, 6) is 1.01. The lowest BCUT2D eigenvalue weighted by molar-refractivity contribution is -0.117. The van der Waals surface area contributed by atoms with Gasteiger partial charge in [0.05, 0.1) is 0 Å². The highest BCUT2D eigenvalue weighted by atomic mass is 32.1. The van der Waals surface area contributed by atoms with Crippen molar-refractivity contribution in [2.75, 3.05) is 5.32 Å². The first-order valence-electron chi connectivity index (χ1n) is 8.16. The highest BCUT2D eigenvalue weighted by molar-refractivity contribution is 7.13.